The lowest BCUT2D eigenvalue weighted by Crippen LogP contribution is -2.65. The van der Waals surface area contributed by atoms with Crippen LogP contribution in [0.4, 0.5) is 0 Å². The highest BCUT2D eigenvalue weighted by Gasteiger charge is 2.53. The van der Waals surface area contributed by atoms with Crippen LogP contribution in [-0.4, -0.2) is 73.4 Å². The Labute approximate surface area is 201 Å². The Balaban J connectivity index is 3.46. The highest BCUT2D eigenvalue weighted by Crippen LogP contribution is 2.63. The number of hydrogen-bond donors (Lipinski definition) is 1. The zero-order valence-corrected chi connectivity index (χ0v) is 21.1. The second-order valence-electron chi connectivity index (χ2n) is 6.94. The molecular weight excluding hydrogens is 493 g/mol. The molecule has 5 atom stereocenters. The van der Waals surface area contributed by atoms with Gasteiger partial charge in [-0.15, -0.1) is 13.2 Å². The van der Waals surface area contributed by atoms with Crippen LogP contribution < -0.4 is 5.32 Å². The van der Waals surface area contributed by atoms with Crippen molar-refractivity contribution in [1.82, 2.24) is 5.32 Å². The third-order valence-electron chi connectivity index (χ3n) is 4.01. The molecule has 0 spiro atoms. The first-order valence-electron chi connectivity index (χ1n) is 10.1. The normalized spacial score (nSPS) is 24.4. The monoisotopic (exact) mass is 523 g/mol. The third-order valence-corrected chi connectivity index (χ3v) is 7.84. The van der Waals surface area contributed by atoms with Crippen LogP contribution in [0.5, 0.6) is 0 Å². The molecule has 0 aromatic heterocycles. The molecule has 0 unspecified atom stereocenters. The van der Waals surface area contributed by atoms with E-state index in [1.807, 2.05) is 0 Å². The summed E-state index contributed by atoms with van der Waals surface area (Å²) in [4.78, 5) is 47.0. The molecule has 1 N–H and O–H groups in total. The van der Waals surface area contributed by atoms with Crippen molar-refractivity contribution in [3.05, 3.63) is 25.3 Å². The highest BCUT2D eigenvalue weighted by atomic mass is 32.7. The van der Waals surface area contributed by atoms with E-state index >= 15 is 0 Å². The average molecular weight is 523 g/mol. The number of esters is 3. The molecule has 0 aliphatic carbocycles. The highest BCUT2D eigenvalue weighted by molar-refractivity contribution is 8.55. The molecule has 0 aromatic carbocycles. The minimum absolute atomic E-state index is 0.126. The van der Waals surface area contributed by atoms with Gasteiger partial charge >= 0.3 is 24.7 Å². The van der Waals surface area contributed by atoms with E-state index in [1.165, 1.54) is 26.0 Å². The summed E-state index contributed by atoms with van der Waals surface area (Å²) in [7, 11) is 0. The van der Waals surface area contributed by atoms with Gasteiger partial charge in [-0.2, -0.15) is 0 Å². The van der Waals surface area contributed by atoms with Gasteiger partial charge in [0.05, 0.1) is 13.2 Å². The number of rotatable bonds is 13. The Morgan fingerprint density at radius 1 is 0.941 bits per heavy atom. The van der Waals surface area contributed by atoms with Gasteiger partial charge in [0.15, 0.2) is 12.2 Å². The fraction of sp³-hybridized carbons (Fsp3) is 0.600. The number of ether oxygens (including phenoxy) is 4. The molecule has 1 fully saturated rings. The van der Waals surface area contributed by atoms with Crippen LogP contribution in [0.2, 0.25) is 0 Å². The number of carbonyl (C=O) groups is 4. The van der Waals surface area contributed by atoms with Crippen molar-refractivity contribution in [3.63, 3.8) is 0 Å². The van der Waals surface area contributed by atoms with Crippen LogP contribution in [0.1, 0.15) is 27.7 Å². The average Bonchev–Trinajstić information content (AvgIpc) is 2.73. The van der Waals surface area contributed by atoms with Gasteiger partial charge in [-0.05, 0) is 11.4 Å². The van der Waals surface area contributed by atoms with Crippen LogP contribution in [0, 0.1) is 0 Å². The zero-order chi connectivity index (χ0) is 25.9. The van der Waals surface area contributed by atoms with Crippen molar-refractivity contribution in [2.24, 2.45) is 0 Å². The summed E-state index contributed by atoms with van der Waals surface area (Å²) in [5.74, 6) is -2.66. The second-order valence-corrected chi connectivity index (χ2v) is 11.0. The fourth-order valence-electron chi connectivity index (χ4n) is 2.89. The van der Waals surface area contributed by atoms with E-state index in [1.54, 1.807) is 0 Å². The Morgan fingerprint density at radius 3 is 1.91 bits per heavy atom. The summed E-state index contributed by atoms with van der Waals surface area (Å²) in [6, 6.07) is -1.16. The maximum atomic E-state index is 13.3. The van der Waals surface area contributed by atoms with Gasteiger partial charge in [0.25, 0.3) is 0 Å². The van der Waals surface area contributed by atoms with Gasteiger partial charge in [-0.3, -0.25) is 28.2 Å². The minimum atomic E-state index is -3.93. The summed E-state index contributed by atoms with van der Waals surface area (Å²) in [5.41, 5.74) is -1.21. The number of amides is 1. The molecule has 1 aliphatic rings. The van der Waals surface area contributed by atoms with E-state index in [2.05, 4.69) is 18.5 Å². The second kappa shape index (κ2) is 14.3. The lowest BCUT2D eigenvalue weighted by Gasteiger charge is -2.45. The van der Waals surface area contributed by atoms with Gasteiger partial charge in [0, 0.05) is 27.7 Å². The summed E-state index contributed by atoms with van der Waals surface area (Å²) < 4.78 is 45.7. The molecular formula is C20H30NO11PS. The third kappa shape index (κ3) is 9.98. The number of hydrogen-bond acceptors (Lipinski definition) is 12. The molecule has 34 heavy (non-hydrogen) atoms. The molecule has 14 heteroatoms. The van der Waals surface area contributed by atoms with Crippen molar-refractivity contribution in [3.8, 4) is 0 Å². The van der Waals surface area contributed by atoms with Crippen molar-refractivity contribution < 1.29 is 51.7 Å². The van der Waals surface area contributed by atoms with E-state index in [9.17, 15) is 23.7 Å². The quantitative estimate of drug-likeness (QED) is 0.162. The van der Waals surface area contributed by atoms with Crippen LogP contribution in [0.25, 0.3) is 0 Å². The predicted molar refractivity (Wildman–Crippen MR) is 122 cm³/mol. The van der Waals surface area contributed by atoms with Crippen LogP contribution in [0.15, 0.2) is 25.3 Å². The summed E-state index contributed by atoms with van der Waals surface area (Å²) in [5, 5.41) is 2.58. The van der Waals surface area contributed by atoms with Gasteiger partial charge in [-0.25, -0.2) is 4.57 Å². The number of nitrogens with one attached hydrogen (secondary N) is 1. The first-order chi connectivity index (χ1) is 15.9. The maximum absolute atomic E-state index is 13.3. The Morgan fingerprint density at radius 2 is 1.47 bits per heavy atom. The molecule has 1 aliphatic heterocycles. The largest absolute Gasteiger partial charge is 0.463 e. The van der Waals surface area contributed by atoms with Gasteiger partial charge < -0.3 is 24.3 Å². The first kappa shape index (κ1) is 29.9. The van der Waals surface area contributed by atoms with Crippen molar-refractivity contribution in [2.75, 3.05) is 19.8 Å². The topological polar surface area (TPSA) is 153 Å². The van der Waals surface area contributed by atoms with Crippen LogP contribution >= 0.6 is 18.2 Å². The summed E-state index contributed by atoms with van der Waals surface area (Å²) in [6.07, 6.45) is -0.980. The van der Waals surface area contributed by atoms with Crippen molar-refractivity contribution >= 4 is 42.0 Å². The molecule has 192 valence electrons. The van der Waals surface area contributed by atoms with E-state index in [0.717, 1.165) is 13.8 Å². The molecule has 1 heterocycles. The minimum Gasteiger partial charge on any atom is -0.463 e. The Bertz CT molecular complexity index is 804. The maximum Gasteiger partial charge on any atom is 0.392 e. The molecule has 0 radical (unpaired) electrons. The first-order valence-corrected chi connectivity index (χ1v) is 13.1. The van der Waals surface area contributed by atoms with E-state index in [0.29, 0.717) is 11.4 Å². The Hall–Kier alpha value is -2.18. The predicted octanol–water partition coefficient (Wildman–Crippen LogP) is 1.89. The van der Waals surface area contributed by atoms with Gasteiger partial charge in [0.1, 0.15) is 24.2 Å². The fourth-order valence-corrected chi connectivity index (χ4v) is 6.50. The molecule has 1 rings (SSSR count). The standard InChI is InChI=1S/C20H30NO11PS/c1-7-9-28-33(26,29-10-8-2)34-20-17(21-12(3)22)19(31-15(6)25)18(30-14(5)24)16(32-20)11-27-13(4)23/h7-8,16-20H,1-2,9-11H2,3-6H3,(H,21,22)/t16-,17-,18+,19-,20-/m1/s1. The van der Waals surface area contributed by atoms with E-state index in [-0.39, 0.29) is 19.8 Å². The SMILES string of the molecule is C=CCOP(=O)(OCC=C)S[C@H]1O[C@H](COC(C)=O)[C@H](OC(C)=O)[C@H](OC(C)=O)[C@H]1NC(C)=O. The Kier molecular flexibility index (Phi) is 12.5. The zero-order valence-electron chi connectivity index (χ0n) is 19.4. The van der Waals surface area contributed by atoms with E-state index in [4.69, 9.17) is 28.0 Å². The van der Waals surface area contributed by atoms with Crippen molar-refractivity contribution in [2.45, 2.75) is 57.5 Å². The van der Waals surface area contributed by atoms with Gasteiger partial charge in [-0.1, -0.05) is 12.2 Å². The smallest absolute Gasteiger partial charge is 0.392 e. The lowest BCUT2D eigenvalue weighted by atomic mass is 9.97. The van der Waals surface area contributed by atoms with E-state index < -0.39 is 60.4 Å². The summed E-state index contributed by atoms with van der Waals surface area (Å²) >= 11 is 0.594. The van der Waals surface area contributed by atoms with Gasteiger partial charge in [0.2, 0.25) is 5.91 Å². The number of carbonyl (C=O) groups excluding carboxylic acids is 4. The van der Waals surface area contributed by atoms with Crippen LogP contribution in [0.3, 0.4) is 0 Å². The molecule has 1 saturated heterocycles. The summed E-state index contributed by atoms with van der Waals surface area (Å²) in [6.45, 7) is 7.07. The van der Waals surface area contributed by atoms with Crippen LogP contribution in [-0.2, 0) is 51.7 Å². The molecule has 1 amide bonds. The van der Waals surface area contributed by atoms with Crippen molar-refractivity contribution in [1.29, 1.82) is 0 Å². The molecule has 0 aromatic rings. The lowest BCUT2D eigenvalue weighted by molar-refractivity contribution is -0.211. The molecule has 12 nitrogen and oxygen atoms in total. The molecule has 0 saturated carbocycles. The molecule has 0 bridgehead atoms.